The Labute approximate surface area is 133 Å². The van der Waals surface area contributed by atoms with Crippen molar-refractivity contribution in [1.82, 2.24) is 10.6 Å². The number of hydrogen-bond acceptors (Lipinski definition) is 5. The smallest absolute Gasteiger partial charge is 0.343 e. The van der Waals surface area contributed by atoms with E-state index in [1.807, 2.05) is 22.6 Å². The summed E-state index contributed by atoms with van der Waals surface area (Å²) in [6, 6.07) is 4.60. The Kier molecular flexibility index (Phi) is 4.78. The zero-order valence-corrected chi connectivity index (χ0v) is 13.1. The van der Waals surface area contributed by atoms with E-state index in [1.165, 1.54) is 7.11 Å². The molecule has 1 aliphatic rings. The zero-order chi connectivity index (χ0) is 15.4. The molecule has 21 heavy (non-hydrogen) atoms. The van der Waals surface area contributed by atoms with E-state index < -0.39 is 17.9 Å². The highest BCUT2D eigenvalue weighted by molar-refractivity contribution is 14.1. The second-order valence-corrected chi connectivity index (χ2v) is 5.18. The second-order valence-electron chi connectivity index (χ2n) is 4.02. The summed E-state index contributed by atoms with van der Waals surface area (Å²) in [6.45, 7) is -0.175. The van der Waals surface area contributed by atoms with Crippen LogP contribution in [0.3, 0.4) is 0 Å². The number of benzene rings is 1. The lowest BCUT2D eigenvalue weighted by Crippen LogP contribution is -2.22. The molecule has 0 aromatic heterocycles. The monoisotopic (exact) mass is 402 g/mol. The van der Waals surface area contributed by atoms with Gasteiger partial charge in [0.1, 0.15) is 11.4 Å². The fourth-order valence-electron chi connectivity index (χ4n) is 1.57. The van der Waals surface area contributed by atoms with Crippen molar-refractivity contribution < 1.29 is 23.9 Å². The first-order valence-corrected chi connectivity index (χ1v) is 6.90. The predicted molar refractivity (Wildman–Crippen MR) is 81.3 cm³/mol. The summed E-state index contributed by atoms with van der Waals surface area (Å²) in [5.74, 6) is -0.411. The molecular weight excluding hydrogens is 391 g/mol. The van der Waals surface area contributed by atoms with Crippen molar-refractivity contribution in [1.29, 1.82) is 0 Å². The minimum Gasteiger partial charge on any atom is -0.481 e. The molecule has 0 radical (unpaired) electrons. The normalized spacial score (nSPS) is 15.6. The SMILES string of the molecule is COC(=O)COc1ccc(/C=C2/NC(=O)NC2=O)cc1I. The Morgan fingerprint density at radius 1 is 1.33 bits per heavy atom. The van der Waals surface area contributed by atoms with Crippen LogP contribution in [0.25, 0.3) is 6.08 Å². The molecule has 1 fully saturated rings. The second kappa shape index (κ2) is 6.57. The van der Waals surface area contributed by atoms with Gasteiger partial charge in [0.2, 0.25) is 0 Å². The minimum absolute atomic E-state index is 0.175. The topological polar surface area (TPSA) is 93.7 Å². The molecular formula is C13H11IN2O5. The van der Waals surface area contributed by atoms with E-state index in [-0.39, 0.29) is 12.3 Å². The number of rotatable bonds is 4. The third-order valence-electron chi connectivity index (χ3n) is 2.56. The van der Waals surface area contributed by atoms with E-state index in [9.17, 15) is 14.4 Å². The molecule has 0 aliphatic carbocycles. The molecule has 7 nitrogen and oxygen atoms in total. The largest absolute Gasteiger partial charge is 0.481 e. The number of ether oxygens (including phenoxy) is 2. The number of urea groups is 1. The van der Waals surface area contributed by atoms with Crippen LogP contribution in [0.15, 0.2) is 23.9 Å². The molecule has 2 N–H and O–H groups in total. The maximum Gasteiger partial charge on any atom is 0.343 e. The lowest BCUT2D eigenvalue weighted by Gasteiger charge is -2.07. The summed E-state index contributed by atoms with van der Waals surface area (Å²) in [4.78, 5) is 33.4. The van der Waals surface area contributed by atoms with Crippen LogP contribution < -0.4 is 15.4 Å². The standard InChI is InChI=1S/C13H11IN2O5/c1-20-11(17)6-21-10-3-2-7(4-8(10)14)5-9-12(18)16-13(19)15-9/h2-5H,6H2,1H3,(H2,15,16,18,19)/b9-5+. The Bertz CT molecular complexity index is 641. The number of carbonyl (C=O) groups is 3. The van der Waals surface area contributed by atoms with Crippen molar-refractivity contribution >= 4 is 46.6 Å². The number of halogens is 1. The summed E-state index contributed by atoms with van der Waals surface area (Å²) in [5.41, 5.74) is 0.899. The number of amides is 3. The van der Waals surface area contributed by atoms with Crippen LogP contribution in [0.4, 0.5) is 4.79 Å². The molecule has 0 saturated carbocycles. The highest BCUT2D eigenvalue weighted by Crippen LogP contribution is 2.23. The van der Waals surface area contributed by atoms with Gasteiger partial charge in [0.15, 0.2) is 6.61 Å². The number of esters is 1. The predicted octanol–water partition coefficient (Wildman–Crippen LogP) is 1.02. The van der Waals surface area contributed by atoms with E-state index >= 15 is 0 Å². The maximum absolute atomic E-state index is 11.4. The van der Waals surface area contributed by atoms with Crippen molar-refractivity contribution in [3.8, 4) is 5.75 Å². The molecule has 0 atom stereocenters. The quantitative estimate of drug-likeness (QED) is 0.340. The van der Waals surface area contributed by atoms with Crippen LogP contribution in [-0.2, 0) is 14.3 Å². The number of carbonyl (C=O) groups excluding carboxylic acids is 3. The van der Waals surface area contributed by atoms with Crippen molar-refractivity contribution in [2.24, 2.45) is 0 Å². The molecule has 0 bridgehead atoms. The van der Waals surface area contributed by atoms with Crippen molar-refractivity contribution in [3.05, 3.63) is 33.0 Å². The molecule has 1 heterocycles. The highest BCUT2D eigenvalue weighted by Gasteiger charge is 2.22. The van der Waals surface area contributed by atoms with Crippen molar-refractivity contribution in [3.63, 3.8) is 0 Å². The lowest BCUT2D eigenvalue weighted by atomic mass is 10.2. The van der Waals surface area contributed by atoms with Gasteiger partial charge in [-0.1, -0.05) is 6.07 Å². The summed E-state index contributed by atoms with van der Waals surface area (Å²) in [6.07, 6.45) is 1.55. The van der Waals surface area contributed by atoms with Gasteiger partial charge in [-0.25, -0.2) is 9.59 Å². The molecule has 8 heteroatoms. The van der Waals surface area contributed by atoms with Crippen LogP contribution in [-0.4, -0.2) is 31.6 Å². The fraction of sp³-hybridized carbons (Fsp3) is 0.154. The first-order chi connectivity index (χ1) is 9.99. The molecule has 1 aromatic carbocycles. The van der Waals surface area contributed by atoms with Gasteiger partial charge in [0, 0.05) is 0 Å². The first-order valence-electron chi connectivity index (χ1n) is 5.83. The number of imide groups is 1. The Morgan fingerprint density at radius 2 is 2.10 bits per heavy atom. The van der Waals surface area contributed by atoms with E-state index in [0.29, 0.717) is 5.75 Å². The van der Waals surface area contributed by atoms with E-state index in [1.54, 1.807) is 24.3 Å². The molecule has 1 aliphatic heterocycles. The Hall–Kier alpha value is -2.10. The van der Waals surface area contributed by atoms with Gasteiger partial charge in [-0.3, -0.25) is 10.1 Å². The first kappa shape index (κ1) is 15.3. The lowest BCUT2D eigenvalue weighted by molar-refractivity contribution is -0.142. The van der Waals surface area contributed by atoms with Gasteiger partial charge in [-0.05, 0) is 46.4 Å². The molecule has 1 aromatic rings. The van der Waals surface area contributed by atoms with Crippen LogP contribution in [0.5, 0.6) is 5.75 Å². The molecule has 2 rings (SSSR count). The maximum atomic E-state index is 11.4. The molecule has 0 spiro atoms. The molecule has 110 valence electrons. The number of methoxy groups -OCH3 is 1. The van der Waals surface area contributed by atoms with Crippen LogP contribution in [0.1, 0.15) is 5.56 Å². The number of hydrogen-bond donors (Lipinski definition) is 2. The van der Waals surface area contributed by atoms with Crippen molar-refractivity contribution in [2.75, 3.05) is 13.7 Å². The van der Waals surface area contributed by atoms with Crippen LogP contribution in [0.2, 0.25) is 0 Å². The zero-order valence-electron chi connectivity index (χ0n) is 10.9. The Morgan fingerprint density at radius 3 is 2.67 bits per heavy atom. The summed E-state index contributed by atoms with van der Waals surface area (Å²) < 4.78 is 10.5. The van der Waals surface area contributed by atoms with E-state index in [2.05, 4.69) is 15.4 Å². The molecule has 1 saturated heterocycles. The molecule has 0 unspecified atom stereocenters. The van der Waals surface area contributed by atoms with Gasteiger partial charge in [0.25, 0.3) is 5.91 Å². The van der Waals surface area contributed by atoms with Crippen LogP contribution >= 0.6 is 22.6 Å². The average molecular weight is 402 g/mol. The minimum atomic E-state index is -0.543. The Balaban J connectivity index is 2.12. The molecule has 3 amide bonds. The van der Waals surface area contributed by atoms with Gasteiger partial charge in [0.05, 0.1) is 10.7 Å². The summed E-state index contributed by atoms with van der Waals surface area (Å²) in [5, 5.41) is 4.52. The van der Waals surface area contributed by atoms with Crippen LogP contribution in [0, 0.1) is 3.57 Å². The highest BCUT2D eigenvalue weighted by atomic mass is 127. The van der Waals surface area contributed by atoms with Crippen molar-refractivity contribution in [2.45, 2.75) is 0 Å². The third kappa shape index (κ3) is 3.94. The van der Waals surface area contributed by atoms with Gasteiger partial charge in [-0.15, -0.1) is 0 Å². The summed E-state index contributed by atoms with van der Waals surface area (Å²) >= 11 is 2.05. The van der Waals surface area contributed by atoms with E-state index in [4.69, 9.17) is 4.74 Å². The van der Waals surface area contributed by atoms with Gasteiger partial charge < -0.3 is 14.8 Å². The van der Waals surface area contributed by atoms with Gasteiger partial charge in [-0.2, -0.15) is 0 Å². The average Bonchev–Trinajstić information content (AvgIpc) is 2.75. The third-order valence-corrected chi connectivity index (χ3v) is 3.40. The number of nitrogens with one attached hydrogen (secondary N) is 2. The van der Waals surface area contributed by atoms with E-state index in [0.717, 1.165) is 9.13 Å². The fourth-order valence-corrected chi connectivity index (χ4v) is 2.26. The summed E-state index contributed by atoms with van der Waals surface area (Å²) in [7, 11) is 1.28. The van der Waals surface area contributed by atoms with Gasteiger partial charge >= 0.3 is 12.0 Å².